The quantitative estimate of drug-likeness (QED) is 0.156. The number of carboxylic acid groups (broad SMARTS) is 1. The van der Waals surface area contributed by atoms with Crippen LogP contribution in [0.15, 0.2) is 87.8 Å². The fourth-order valence-corrected chi connectivity index (χ4v) is 4.23. The zero-order valence-corrected chi connectivity index (χ0v) is 20.1. The summed E-state index contributed by atoms with van der Waals surface area (Å²) in [7, 11) is 0. The van der Waals surface area contributed by atoms with Crippen molar-refractivity contribution >= 4 is 40.8 Å². The minimum atomic E-state index is -1.10. The van der Waals surface area contributed by atoms with Crippen LogP contribution in [0.2, 0.25) is 0 Å². The summed E-state index contributed by atoms with van der Waals surface area (Å²) in [6.45, 7) is 1.42. The third kappa shape index (κ3) is 5.78. The van der Waals surface area contributed by atoms with Gasteiger partial charge in [0.15, 0.2) is 11.8 Å². The molecule has 9 nitrogen and oxygen atoms in total. The maximum Gasteiger partial charge on any atom is 0.341 e. The molecule has 182 valence electrons. The van der Waals surface area contributed by atoms with E-state index in [-0.39, 0.29) is 11.3 Å². The number of hydrazone groups is 1. The topological polar surface area (TPSA) is 123 Å². The van der Waals surface area contributed by atoms with E-state index >= 15 is 0 Å². The van der Waals surface area contributed by atoms with Gasteiger partial charge in [-0.2, -0.15) is 5.10 Å². The van der Waals surface area contributed by atoms with Crippen LogP contribution in [0.4, 0.5) is 0 Å². The standard InChI is InChI=1S/C26H22N4O5S/c1-17-8-2-6-12-21(17)30-25(34)19-10-4-5-11-20(19)28-26(30)36-16-23(31)29-27-14-18-9-3-7-13-22(18)35-15-24(32)33/h2-14H,15-16H2,1H3,(H,29,31)(H,32,33)/b27-14-. The number of nitrogens with one attached hydrogen (secondary N) is 1. The largest absolute Gasteiger partial charge is 0.481 e. The number of aliphatic carboxylic acids is 1. The predicted molar refractivity (Wildman–Crippen MR) is 138 cm³/mol. The molecule has 36 heavy (non-hydrogen) atoms. The molecule has 0 saturated heterocycles. The third-order valence-corrected chi connectivity index (χ3v) is 6.04. The second kappa shape index (κ2) is 11.3. The highest BCUT2D eigenvalue weighted by Gasteiger charge is 2.16. The van der Waals surface area contributed by atoms with Gasteiger partial charge in [-0.15, -0.1) is 0 Å². The first kappa shape index (κ1) is 24.7. The molecule has 4 aromatic rings. The highest BCUT2D eigenvalue weighted by molar-refractivity contribution is 7.99. The number of aryl methyl sites for hydroxylation is 1. The molecule has 10 heteroatoms. The minimum absolute atomic E-state index is 0.0365. The molecule has 2 N–H and O–H groups in total. The van der Waals surface area contributed by atoms with Crippen LogP contribution in [-0.2, 0) is 9.59 Å². The van der Waals surface area contributed by atoms with Crippen molar-refractivity contribution in [1.82, 2.24) is 15.0 Å². The Morgan fingerprint density at radius 3 is 2.61 bits per heavy atom. The van der Waals surface area contributed by atoms with E-state index in [1.165, 1.54) is 10.8 Å². The summed E-state index contributed by atoms with van der Waals surface area (Å²) in [6.07, 6.45) is 1.37. The summed E-state index contributed by atoms with van der Waals surface area (Å²) >= 11 is 1.12. The predicted octanol–water partition coefficient (Wildman–Crippen LogP) is 3.40. The number of carbonyl (C=O) groups excluding carboxylic acids is 1. The molecule has 0 radical (unpaired) electrons. The monoisotopic (exact) mass is 502 g/mol. The van der Waals surface area contributed by atoms with E-state index in [0.29, 0.717) is 33.1 Å². The Kier molecular flexibility index (Phi) is 7.76. The van der Waals surface area contributed by atoms with E-state index in [1.54, 1.807) is 48.5 Å². The van der Waals surface area contributed by atoms with Crippen molar-refractivity contribution in [1.29, 1.82) is 0 Å². The summed E-state index contributed by atoms with van der Waals surface area (Å²) in [6, 6.07) is 21.3. The number of carboxylic acids is 1. The number of ether oxygens (including phenoxy) is 1. The molecular weight excluding hydrogens is 480 g/mol. The summed E-state index contributed by atoms with van der Waals surface area (Å²) in [4.78, 5) is 41.2. The molecule has 0 bridgehead atoms. The van der Waals surface area contributed by atoms with Crippen molar-refractivity contribution in [3.8, 4) is 11.4 Å². The van der Waals surface area contributed by atoms with Crippen LogP contribution in [0.5, 0.6) is 5.75 Å². The van der Waals surface area contributed by atoms with Crippen molar-refractivity contribution in [2.24, 2.45) is 5.10 Å². The van der Waals surface area contributed by atoms with Gasteiger partial charge >= 0.3 is 5.97 Å². The van der Waals surface area contributed by atoms with Crippen molar-refractivity contribution in [2.45, 2.75) is 12.1 Å². The number of thioether (sulfide) groups is 1. The van der Waals surface area contributed by atoms with Gasteiger partial charge in [0.1, 0.15) is 5.75 Å². The molecule has 4 rings (SSSR count). The van der Waals surface area contributed by atoms with Gasteiger partial charge in [-0.25, -0.2) is 15.2 Å². The minimum Gasteiger partial charge on any atom is -0.481 e. The van der Waals surface area contributed by atoms with Crippen molar-refractivity contribution in [3.05, 3.63) is 94.3 Å². The number of aromatic nitrogens is 2. The van der Waals surface area contributed by atoms with Crippen molar-refractivity contribution in [2.75, 3.05) is 12.4 Å². The number of rotatable bonds is 9. The lowest BCUT2D eigenvalue weighted by atomic mass is 10.2. The van der Waals surface area contributed by atoms with Crippen LogP contribution in [0.3, 0.4) is 0 Å². The first-order chi connectivity index (χ1) is 17.4. The van der Waals surface area contributed by atoms with Gasteiger partial charge in [0.25, 0.3) is 11.5 Å². The average molecular weight is 503 g/mol. The van der Waals surface area contributed by atoms with Crippen LogP contribution < -0.4 is 15.7 Å². The fraction of sp³-hybridized carbons (Fsp3) is 0.115. The Morgan fingerprint density at radius 1 is 1.08 bits per heavy atom. The maximum absolute atomic E-state index is 13.3. The Morgan fingerprint density at radius 2 is 1.81 bits per heavy atom. The highest BCUT2D eigenvalue weighted by atomic mass is 32.2. The van der Waals surface area contributed by atoms with Crippen LogP contribution in [-0.4, -0.2) is 45.1 Å². The second-order valence-electron chi connectivity index (χ2n) is 7.64. The molecule has 3 aromatic carbocycles. The van der Waals surface area contributed by atoms with Gasteiger partial charge in [-0.3, -0.25) is 14.2 Å². The lowest BCUT2D eigenvalue weighted by molar-refractivity contribution is -0.139. The lowest BCUT2D eigenvalue weighted by Crippen LogP contribution is -2.24. The van der Waals surface area contributed by atoms with E-state index in [0.717, 1.165) is 17.3 Å². The van der Waals surface area contributed by atoms with Gasteiger partial charge in [0, 0.05) is 5.56 Å². The number of hydrogen-bond acceptors (Lipinski definition) is 7. The maximum atomic E-state index is 13.3. The lowest BCUT2D eigenvalue weighted by Gasteiger charge is -2.14. The molecule has 0 fully saturated rings. The summed E-state index contributed by atoms with van der Waals surface area (Å²) in [5.41, 5.74) is 4.88. The molecular formula is C26H22N4O5S. The van der Waals surface area contributed by atoms with E-state index in [9.17, 15) is 14.4 Å². The fourth-order valence-electron chi connectivity index (χ4n) is 3.43. The van der Waals surface area contributed by atoms with E-state index in [4.69, 9.17) is 9.84 Å². The van der Waals surface area contributed by atoms with Crippen molar-refractivity contribution in [3.63, 3.8) is 0 Å². The Labute approximate surface area is 210 Å². The van der Waals surface area contributed by atoms with Gasteiger partial charge in [0.2, 0.25) is 0 Å². The van der Waals surface area contributed by atoms with Crippen LogP contribution in [0.25, 0.3) is 16.6 Å². The molecule has 1 amide bonds. The van der Waals surface area contributed by atoms with Crippen molar-refractivity contribution < 1.29 is 19.4 Å². The van der Waals surface area contributed by atoms with Gasteiger partial charge in [0.05, 0.1) is 28.6 Å². The Bertz CT molecular complexity index is 1520. The van der Waals surface area contributed by atoms with Gasteiger partial charge in [-0.05, 0) is 42.8 Å². The average Bonchev–Trinajstić information content (AvgIpc) is 2.87. The van der Waals surface area contributed by atoms with Crippen LogP contribution in [0.1, 0.15) is 11.1 Å². The number of para-hydroxylation sites is 3. The molecule has 0 atom stereocenters. The van der Waals surface area contributed by atoms with Gasteiger partial charge < -0.3 is 9.84 Å². The third-order valence-electron chi connectivity index (χ3n) is 5.10. The zero-order chi connectivity index (χ0) is 25.5. The number of hydrogen-bond donors (Lipinski definition) is 2. The first-order valence-corrected chi connectivity index (χ1v) is 11.9. The summed E-state index contributed by atoms with van der Waals surface area (Å²) in [5.74, 6) is -1.21. The second-order valence-corrected chi connectivity index (χ2v) is 8.58. The zero-order valence-electron chi connectivity index (χ0n) is 19.2. The number of nitrogens with zero attached hydrogens (tertiary/aromatic N) is 3. The molecule has 0 aliphatic rings. The molecule has 0 aliphatic heterocycles. The number of benzene rings is 3. The SMILES string of the molecule is Cc1ccccc1-n1c(SCC(=O)N/N=C\c2ccccc2OCC(=O)O)nc2ccccc2c1=O. The molecule has 1 heterocycles. The Hall–Kier alpha value is -4.44. The summed E-state index contributed by atoms with van der Waals surface area (Å²) < 4.78 is 6.75. The van der Waals surface area contributed by atoms with E-state index in [1.807, 2.05) is 31.2 Å². The molecule has 0 aliphatic carbocycles. The first-order valence-electron chi connectivity index (χ1n) is 10.9. The Balaban J connectivity index is 1.52. The molecule has 0 spiro atoms. The van der Waals surface area contributed by atoms with E-state index < -0.39 is 18.5 Å². The number of amides is 1. The highest BCUT2D eigenvalue weighted by Crippen LogP contribution is 2.23. The summed E-state index contributed by atoms with van der Waals surface area (Å²) in [5, 5.41) is 13.6. The van der Waals surface area contributed by atoms with Crippen LogP contribution in [0, 0.1) is 6.92 Å². The van der Waals surface area contributed by atoms with Gasteiger partial charge in [-0.1, -0.05) is 54.2 Å². The number of carbonyl (C=O) groups is 2. The van der Waals surface area contributed by atoms with Crippen LogP contribution >= 0.6 is 11.8 Å². The molecule has 0 unspecified atom stereocenters. The normalized spacial score (nSPS) is 11.0. The molecule has 0 saturated carbocycles. The smallest absolute Gasteiger partial charge is 0.341 e. The molecule has 1 aromatic heterocycles. The van der Waals surface area contributed by atoms with E-state index in [2.05, 4.69) is 15.5 Å². The number of fused-ring (bicyclic) bond motifs is 1.